The number of nitrogens with one attached hydrogen (secondary N) is 2. The molecule has 0 unspecified atom stereocenters. The third-order valence-corrected chi connectivity index (χ3v) is 2.15. The van der Waals surface area contributed by atoms with E-state index in [0.29, 0.717) is 17.9 Å². The molecule has 0 heterocycles. The first-order chi connectivity index (χ1) is 8.52. The Bertz CT molecular complexity index is 457. The Hall–Kier alpha value is -1.95. The first-order valence-corrected chi connectivity index (χ1v) is 5.79. The highest BCUT2D eigenvalue weighted by Crippen LogP contribution is 2.10. The molecule has 6 heteroatoms. The van der Waals surface area contributed by atoms with Crippen molar-refractivity contribution in [1.29, 1.82) is 0 Å². The molecule has 0 aliphatic rings. The Labute approximate surface area is 111 Å². The van der Waals surface area contributed by atoms with Crippen molar-refractivity contribution in [3.8, 4) is 0 Å². The Balaban J connectivity index is 2.63. The summed E-state index contributed by atoms with van der Waals surface area (Å²) in [7, 11) is 0. The quantitative estimate of drug-likeness (QED) is 0.644. The number of esters is 1. The van der Waals surface area contributed by atoms with E-state index in [0.717, 1.165) is 0 Å². The number of thiocarbonyl (C=S) groups is 1. The minimum atomic E-state index is -0.367. The van der Waals surface area contributed by atoms with Crippen LogP contribution in [0.2, 0.25) is 0 Å². The molecule has 1 aromatic carbocycles. The molecule has 0 bridgehead atoms. The molecule has 0 saturated carbocycles. The number of amides is 1. The summed E-state index contributed by atoms with van der Waals surface area (Å²) in [6, 6.07) is 6.61. The van der Waals surface area contributed by atoms with Crippen LogP contribution in [0, 0.1) is 0 Å². The third kappa shape index (κ3) is 4.50. The second-order valence-electron chi connectivity index (χ2n) is 3.43. The summed E-state index contributed by atoms with van der Waals surface area (Å²) >= 11 is 4.90. The number of hydrogen-bond acceptors (Lipinski definition) is 4. The van der Waals surface area contributed by atoms with Crippen molar-refractivity contribution < 1.29 is 14.3 Å². The van der Waals surface area contributed by atoms with Gasteiger partial charge in [-0.05, 0) is 43.4 Å². The number of hydrogen-bond donors (Lipinski definition) is 2. The molecule has 18 heavy (non-hydrogen) atoms. The van der Waals surface area contributed by atoms with Gasteiger partial charge in [0.2, 0.25) is 5.91 Å². The summed E-state index contributed by atoms with van der Waals surface area (Å²) < 4.78 is 4.86. The van der Waals surface area contributed by atoms with Crippen LogP contribution < -0.4 is 10.6 Å². The second-order valence-corrected chi connectivity index (χ2v) is 3.84. The standard InChI is InChI=1S/C12H14N2O3S/c1-3-17-11(16)9-4-6-10(7-5-9)14-12(18)13-8(2)15/h4-7H,3H2,1-2H3,(H2,13,14,15,18). The highest BCUT2D eigenvalue weighted by atomic mass is 32.1. The molecule has 96 valence electrons. The lowest BCUT2D eigenvalue weighted by atomic mass is 10.2. The van der Waals surface area contributed by atoms with Crippen LogP contribution in [0.1, 0.15) is 24.2 Å². The molecule has 1 amide bonds. The van der Waals surface area contributed by atoms with Gasteiger partial charge >= 0.3 is 5.97 Å². The summed E-state index contributed by atoms with van der Waals surface area (Å²) in [5.74, 6) is -0.607. The summed E-state index contributed by atoms with van der Waals surface area (Å²) in [5.41, 5.74) is 1.15. The zero-order chi connectivity index (χ0) is 13.5. The molecule has 0 aliphatic carbocycles. The molecule has 2 N–H and O–H groups in total. The molecule has 1 aromatic rings. The smallest absolute Gasteiger partial charge is 0.338 e. The molecule has 0 aliphatic heterocycles. The Morgan fingerprint density at radius 2 is 1.89 bits per heavy atom. The highest BCUT2D eigenvalue weighted by molar-refractivity contribution is 7.80. The largest absolute Gasteiger partial charge is 0.462 e. The lowest BCUT2D eigenvalue weighted by Crippen LogP contribution is -2.32. The average Bonchev–Trinajstić information content (AvgIpc) is 2.29. The molecule has 0 saturated heterocycles. The van der Waals surface area contributed by atoms with Crippen LogP contribution in [0.5, 0.6) is 0 Å². The summed E-state index contributed by atoms with van der Waals surface area (Å²) in [6.07, 6.45) is 0. The molecular formula is C12H14N2O3S. The summed E-state index contributed by atoms with van der Waals surface area (Å²) in [5, 5.41) is 5.47. The van der Waals surface area contributed by atoms with Gasteiger partial charge < -0.3 is 15.4 Å². The van der Waals surface area contributed by atoms with Crippen LogP contribution in [-0.2, 0) is 9.53 Å². The zero-order valence-electron chi connectivity index (χ0n) is 10.1. The minimum absolute atomic E-state index is 0.214. The third-order valence-electron chi connectivity index (χ3n) is 1.94. The van der Waals surface area contributed by atoms with Crippen molar-refractivity contribution >= 4 is 34.9 Å². The molecule has 5 nitrogen and oxygen atoms in total. The van der Waals surface area contributed by atoms with E-state index in [9.17, 15) is 9.59 Å². The van der Waals surface area contributed by atoms with E-state index in [1.165, 1.54) is 6.92 Å². The minimum Gasteiger partial charge on any atom is -0.462 e. The molecule has 0 atom stereocenters. The van der Waals surface area contributed by atoms with Gasteiger partial charge in [-0.15, -0.1) is 0 Å². The predicted molar refractivity (Wildman–Crippen MR) is 72.4 cm³/mol. The van der Waals surface area contributed by atoms with Crippen LogP contribution in [0.15, 0.2) is 24.3 Å². The molecule has 0 aromatic heterocycles. The fourth-order valence-electron chi connectivity index (χ4n) is 1.23. The first kappa shape index (κ1) is 14.1. The van der Waals surface area contributed by atoms with Crippen LogP contribution in [0.25, 0.3) is 0 Å². The van der Waals surface area contributed by atoms with Gasteiger partial charge in [-0.2, -0.15) is 0 Å². The van der Waals surface area contributed by atoms with E-state index in [4.69, 9.17) is 17.0 Å². The fourth-order valence-corrected chi connectivity index (χ4v) is 1.49. The molecule has 0 radical (unpaired) electrons. The first-order valence-electron chi connectivity index (χ1n) is 5.38. The summed E-state index contributed by atoms with van der Waals surface area (Å²) in [6.45, 7) is 3.46. The number of anilines is 1. The van der Waals surface area contributed by atoms with Crippen molar-refractivity contribution in [3.05, 3.63) is 29.8 Å². The number of carbonyl (C=O) groups excluding carboxylic acids is 2. The monoisotopic (exact) mass is 266 g/mol. The maximum atomic E-state index is 11.4. The van der Waals surface area contributed by atoms with Gasteiger partial charge in [0.05, 0.1) is 12.2 Å². The molecular weight excluding hydrogens is 252 g/mol. The predicted octanol–water partition coefficient (Wildman–Crippen LogP) is 1.70. The van der Waals surface area contributed by atoms with Gasteiger partial charge in [0, 0.05) is 12.6 Å². The van der Waals surface area contributed by atoms with Gasteiger partial charge in [-0.3, -0.25) is 4.79 Å². The highest BCUT2D eigenvalue weighted by Gasteiger charge is 2.06. The SMILES string of the molecule is CCOC(=O)c1ccc(NC(=S)NC(C)=O)cc1. The van der Waals surface area contributed by atoms with E-state index in [1.807, 2.05) is 0 Å². The van der Waals surface area contributed by atoms with E-state index in [1.54, 1.807) is 31.2 Å². The van der Waals surface area contributed by atoms with Crippen molar-refractivity contribution in [2.24, 2.45) is 0 Å². The van der Waals surface area contributed by atoms with E-state index in [-0.39, 0.29) is 17.0 Å². The average molecular weight is 266 g/mol. The number of benzene rings is 1. The van der Waals surface area contributed by atoms with Crippen LogP contribution >= 0.6 is 12.2 Å². The van der Waals surface area contributed by atoms with Crippen molar-refractivity contribution in [1.82, 2.24) is 5.32 Å². The Morgan fingerprint density at radius 1 is 1.28 bits per heavy atom. The molecule has 0 fully saturated rings. The normalized spacial score (nSPS) is 9.44. The van der Waals surface area contributed by atoms with Gasteiger partial charge in [-0.1, -0.05) is 0 Å². The lowest BCUT2D eigenvalue weighted by molar-refractivity contribution is -0.117. The molecule has 0 spiro atoms. The Kier molecular flexibility index (Phi) is 5.26. The molecule has 1 rings (SSSR count). The topological polar surface area (TPSA) is 67.4 Å². The second kappa shape index (κ2) is 6.70. The van der Waals surface area contributed by atoms with Crippen LogP contribution in [0.4, 0.5) is 5.69 Å². The van der Waals surface area contributed by atoms with E-state index < -0.39 is 0 Å². The van der Waals surface area contributed by atoms with E-state index in [2.05, 4.69) is 10.6 Å². The maximum absolute atomic E-state index is 11.4. The van der Waals surface area contributed by atoms with Crippen molar-refractivity contribution in [2.75, 3.05) is 11.9 Å². The zero-order valence-corrected chi connectivity index (χ0v) is 11.0. The fraction of sp³-hybridized carbons (Fsp3) is 0.250. The lowest BCUT2D eigenvalue weighted by Gasteiger charge is -2.08. The van der Waals surface area contributed by atoms with Crippen LogP contribution in [0.3, 0.4) is 0 Å². The number of rotatable bonds is 3. The van der Waals surface area contributed by atoms with Gasteiger partial charge in [0.25, 0.3) is 0 Å². The van der Waals surface area contributed by atoms with Crippen molar-refractivity contribution in [2.45, 2.75) is 13.8 Å². The van der Waals surface area contributed by atoms with Crippen LogP contribution in [-0.4, -0.2) is 23.6 Å². The Morgan fingerprint density at radius 3 is 2.39 bits per heavy atom. The van der Waals surface area contributed by atoms with Crippen molar-refractivity contribution in [3.63, 3.8) is 0 Å². The number of carbonyl (C=O) groups is 2. The van der Waals surface area contributed by atoms with Gasteiger partial charge in [-0.25, -0.2) is 4.79 Å². The number of ether oxygens (including phenoxy) is 1. The van der Waals surface area contributed by atoms with E-state index >= 15 is 0 Å². The van der Waals surface area contributed by atoms with Gasteiger partial charge in [0.1, 0.15) is 0 Å². The summed E-state index contributed by atoms with van der Waals surface area (Å²) in [4.78, 5) is 22.2. The van der Waals surface area contributed by atoms with Gasteiger partial charge in [0.15, 0.2) is 5.11 Å². The maximum Gasteiger partial charge on any atom is 0.338 e.